The van der Waals surface area contributed by atoms with Crippen molar-refractivity contribution in [3.8, 4) is 17.0 Å². The highest BCUT2D eigenvalue weighted by atomic mass is 32.1. The molecule has 6 nitrogen and oxygen atoms in total. The molecule has 26 heavy (non-hydrogen) atoms. The second-order valence-corrected chi connectivity index (χ2v) is 6.66. The summed E-state index contributed by atoms with van der Waals surface area (Å²) in [5.41, 5.74) is 4.98. The molecule has 0 spiro atoms. The third-order valence-electron chi connectivity index (χ3n) is 3.83. The smallest absolute Gasteiger partial charge is 0.234 e. The van der Waals surface area contributed by atoms with Crippen LogP contribution in [0.25, 0.3) is 11.3 Å². The zero-order valence-corrected chi connectivity index (χ0v) is 15.2. The van der Waals surface area contributed by atoms with Gasteiger partial charge >= 0.3 is 0 Å². The zero-order valence-electron chi connectivity index (χ0n) is 14.4. The molecule has 2 aromatic carbocycles. The molecule has 7 heteroatoms. The van der Waals surface area contributed by atoms with Crippen LogP contribution in [-0.4, -0.2) is 18.0 Å². The van der Waals surface area contributed by atoms with Crippen molar-refractivity contribution >= 4 is 28.1 Å². The van der Waals surface area contributed by atoms with E-state index < -0.39 is 0 Å². The molecule has 1 heterocycles. The molecule has 0 bridgehead atoms. The Hall–Kier alpha value is -2.90. The quantitative estimate of drug-likeness (QED) is 0.337. The number of rotatable bonds is 7. The summed E-state index contributed by atoms with van der Waals surface area (Å²) >= 11 is 1.54. The van der Waals surface area contributed by atoms with E-state index in [4.69, 9.17) is 15.6 Å². The molecular weight excluding hydrogens is 348 g/mol. The first-order valence-electron chi connectivity index (χ1n) is 8.15. The van der Waals surface area contributed by atoms with Gasteiger partial charge in [0.1, 0.15) is 5.75 Å². The van der Waals surface area contributed by atoms with Gasteiger partial charge in [-0.05, 0) is 42.8 Å². The van der Waals surface area contributed by atoms with E-state index in [1.165, 1.54) is 11.3 Å². The molecule has 1 amide bonds. The van der Waals surface area contributed by atoms with Gasteiger partial charge in [0, 0.05) is 22.5 Å². The number of amides is 1. The van der Waals surface area contributed by atoms with Crippen LogP contribution in [0.3, 0.4) is 0 Å². The number of aryl methyl sites for hydroxylation is 1. The highest BCUT2D eigenvalue weighted by Crippen LogP contribution is 2.34. The van der Waals surface area contributed by atoms with Crippen molar-refractivity contribution in [2.24, 2.45) is 5.84 Å². The van der Waals surface area contributed by atoms with E-state index in [0.717, 1.165) is 32.7 Å². The second kappa shape index (κ2) is 8.46. The lowest BCUT2D eigenvalue weighted by molar-refractivity contribution is -0.121. The topological polar surface area (TPSA) is 89.3 Å². The summed E-state index contributed by atoms with van der Waals surface area (Å²) in [5, 5.41) is 4.10. The molecule has 0 atom stereocenters. The van der Waals surface area contributed by atoms with Crippen molar-refractivity contribution in [2.45, 2.75) is 12.8 Å². The number of hydrogen-bond acceptors (Lipinski definition) is 6. The highest BCUT2D eigenvalue weighted by Gasteiger charge is 2.15. The number of ether oxygens (including phenoxy) is 1. The van der Waals surface area contributed by atoms with Crippen molar-refractivity contribution in [1.29, 1.82) is 0 Å². The summed E-state index contributed by atoms with van der Waals surface area (Å²) < 4.78 is 5.22. The van der Waals surface area contributed by atoms with Gasteiger partial charge in [-0.15, -0.1) is 11.3 Å². The Morgan fingerprint density at radius 2 is 1.88 bits per heavy atom. The normalized spacial score (nSPS) is 10.4. The Morgan fingerprint density at radius 1 is 1.15 bits per heavy atom. The molecule has 0 saturated carbocycles. The van der Waals surface area contributed by atoms with Gasteiger partial charge in [-0.3, -0.25) is 10.2 Å². The predicted octanol–water partition coefficient (Wildman–Crippen LogP) is 3.48. The molecule has 0 radical (unpaired) electrons. The fourth-order valence-electron chi connectivity index (χ4n) is 2.49. The molecule has 1 aromatic heterocycles. The third-order valence-corrected chi connectivity index (χ3v) is 4.86. The maximum atomic E-state index is 11.5. The number of aromatic nitrogens is 1. The minimum Gasteiger partial charge on any atom is -0.497 e. The van der Waals surface area contributed by atoms with E-state index >= 15 is 0 Å². The first-order chi connectivity index (χ1) is 12.7. The first-order valence-corrected chi connectivity index (χ1v) is 8.97. The summed E-state index contributed by atoms with van der Waals surface area (Å²) in [4.78, 5) is 17.3. The Morgan fingerprint density at radius 3 is 2.54 bits per heavy atom. The molecule has 0 aliphatic carbocycles. The Kier molecular flexibility index (Phi) is 5.83. The maximum absolute atomic E-state index is 11.5. The molecule has 134 valence electrons. The largest absolute Gasteiger partial charge is 0.497 e. The predicted molar refractivity (Wildman–Crippen MR) is 104 cm³/mol. The minimum absolute atomic E-state index is 0.198. The van der Waals surface area contributed by atoms with Gasteiger partial charge in [0.05, 0.1) is 12.8 Å². The van der Waals surface area contributed by atoms with Gasteiger partial charge in [0.15, 0.2) is 5.13 Å². The average Bonchev–Trinajstić information content (AvgIpc) is 3.09. The van der Waals surface area contributed by atoms with Crippen molar-refractivity contribution in [3.05, 3.63) is 59.5 Å². The fraction of sp³-hybridized carbons (Fsp3) is 0.158. The molecule has 3 rings (SSSR count). The summed E-state index contributed by atoms with van der Waals surface area (Å²) in [6.45, 7) is 0. The van der Waals surface area contributed by atoms with E-state index in [0.29, 0.717) is 12.8 Å². The van der Waals surface area contributed by atoms with Crippen molar-refractivity contribution in [1.82, 2.24) is 10.4 Å². The number of carbonyl (C=O) groups is 1. The molecular formula is C19H20N4O2S. The van der Waals surface area contributed by atoms with E-state index in [2.05, 4.69) is 10.7 Å². The SMILES string of the molecule is COc1ccc(-c2nc(Nc3ccccc3)sc2CCC(=O)NN)cc1. The summed E-state index contributed by atoms with van der Waals surface area (Å²) in [5.74, 6) is 5.78. The van der Waals surface area contributed by atoms with Crippen LogP contribution in [0.1, 0.15) is 11.3 Å². The summed E-state index contributed by atoms with van der Waals surface area (Å²) in [6, 6.07) is 17.6. The van der Waals surface area contributed by atoms with E-state index in [-0.39, 0.29) is 5.91 Å². The number of anilines is 2. The van der Waals surface area contributed by atoms with Gasteiger partial charge in [0.2, 0.25) is 5.91 Å². The number of nitrogens with zero attached hydrogens (tertiary/aromatic N) is 1. The second-order valence-electron chi connectivity index (χ2n) is 5.58. The Balaban J connectivity index is 1.89. The molecule has 0 unspecified atom stereocenters. The molecule has 3 aromatic rings. The minimum atomic E-state index is -0.198. The molecule has 0 aliphatic rings. The number of thiazole rings is 1. The standard InChI is InChI=1S/C19H20N4O2S/c1-25-15-9-7-13(8-10-15)18-16(11-12-17(24)23-20)26-19(22-18)21-14-5-3-2-4-6-14/h2-10H,11-12,20H2,1H3,(H,21,22)(H,23,24). The Bertz CT molecular complexity index is 863. The number of methoxy groups -OCH3 is 1. The third kappa shape index (κ3) is 4.38. The van der Waals surface area contributed by atoms with Crippen LogP contribution in [0, 0.1) is 0 Å². The van der Waals surface area contributed by atoms with Crippen molar-refractivity contribution < 1.29 is 9.53 Å². The van der Waals surface area contributed by atoms with Crippen LogP contribution in [0.15, 0.2) is 54.6 Å². The number of hydrazine groups is 1. The van der Waals surface area contributed by atoms with E-state index in [1.807, 2.05) is 54.6 Å². The van der Waals surface area contributed by atoms with Crippen LogP contribution in [0.5, 0.6) is 5.75 Å². The number of carbonyl (C=O) groups excluding carboxylic acids is 1. The molecule has 0 fully saturated rings. The number of hydrogen-bond donors (Lipinski definition) is 3. The van der Waals surface area contributed by atoms with E-state index in [1.54, 1.807) is 7.11 Å². The van der Waals surface area contributed by atoms with Gasteiger partial charge in [0.25, 0.3) is 0 Å². The lowest BCUT2D eigenvalue weighted by Crippen LogP contribution is -2.30. The summed E-state index contributed by atoms with van der Waals surface area (Å²) in [7, 11) is 1.64. The van der Waals surface area contributed by atoms with Crippen LogP contribution in [-0.2, 0) is 11.2 Å². The first kappa shape index (κ1) is 17.9. The van der Waals surface area contributed by atoms with Gasteiger partial charge in [-0.1, -0.05) is 18.2 Å². The van der Waals surface area contributed by atoms with Crippen LogP contribution in [0.2, 0.25) is 0 Å². The molecule has 0 aliphatic heterocycles. The van der Waals surface area contributed by atoms with Gasteiger partial charge in [-0.25, -0.2) is 10.8 Å². The number of nitrogens with one attached hydrogen (secondary N) is 2. The van der Waals surface area contributed by atoms with E-state index in [9.17, 15) is 4.79 Å². The zero-order chi connectivity index (χ0) is 18.4. The lowest BCUT2D eigenvalue weighted by Gasteiger charge is -2.04. The van der Waals surface area contributed by atoms with Crippen molar-refractivity contribution in [3.63, 3.8) is 0 Å². The average molecular weight is 368 g/mol. The fourth-order valence-corrected chi connectivity index (χ4v) is 3.50. The van der Waals surface area contributed by atoms with Crippen LogP contribution >= 0.6 is 11.3 Å². The Labute approximate surface area is 156 Å². The van der Waals surface area contributed by atoms with Crippen molar-refractivity contribution in [2.75, 3.05) is 12.4 Å². The molecule has 4 N–H and O–H groups in total. The summed E-state index contributed by atoms with van der Waals surface area (Å²) in [6.07, 6.45) is 0.880. The number of nitrogens with two attached hydrogens (primary N) is 1. The van der Waals surface area contributed by atoms with Crippen LogP contribution in [0.4, 0.5) is 10.8 Å². The molecule has 0 saturated heterocycles. The number of benzene rings is 2. The van der Waals surface area contributed by atoms with Gasteiger partial charge < -0.3 is 10.1 Å². The van der Waals surface area contributed by atoms with Gasteiger partial charge in [-0.2, -0.15) is 0 Å². The maximum Gasteiger partial charge on any atom is 0.234 e. The highest BCUT2D eigenvalue weighted by molar-refractivity contribution is 7.16. The lowest BCUT2D eigenvalue weighted by atomic mass is 10.1. The monoisotopic (exact) mass is 368 g/mol. The van der Waals surface area contributed by atoms with Crippen LogP contribution < -0.4 is 21.3 Å². The number of para-hydroxylation sites is 1.